The number of carbonyl (C=O) groups excluding carboxylic acids is 2. The molecule has 4 rings (SSSR count). The molecule has 2 N–H and O–H groups in total. The summed E-state index contributed by atoms with van der Waals surface area (Å²) in [7, 11) is 0. The summed E-state index contributed by atoms with van der Waals surface area (Å²) in [5.41, 5.74) is -0.494. The molecule has 2 heterocycles. The zero-order valence-electron chi connectivity index (χ0n) is 18.8. The molecule has 0 saturated heterocycles. The molecule has 11 heteroatoms. The van der Waals surface area contributed by atoms with Crippen LogP contribution >= 0.6 is 0 Å². The lowest BCUT2D eigenvalue weighted by Crippen LogP contribution is -2.31. The Balaban J connectivity index is 1.47. The van der Waals surface area contributed by atoms with Crippen LogP contribution in [0.3, 0.4) is 0 Å². The molecular formula is C25H19F3N4O4. The van der Waals surface area contributed by atoms with Crippen LogP contribution in [0.2, 0.25) is 0 Å². The summed E-state index contributed by atoms with van der Waals surface area (Å²) in [6.45, 7) is 1.55. The standard InChI is InChI=1S/C25H19F3N4O4/c1-15-12-20(33)22(31-32(15)19-5-2-4-17(13-19)25(26,27)28)24(35)29-14-16-7-9-18(10-8-16)30-23(34)21-6-3-11-36-21/h2-13H,14H2,1H3,(H,29,35)(H,30,34). The van der Waals surface area contributed by atoms with Crippen molar-refractivity contribution in [1.29, 1.82) is 0 Å². The van der Waals surface area contributed by atoms with Gasteiger partial charge in [0.2, 0.25) is 5.43 Å². The lowest BCUT2D eigenvalue weighted by molar-refractivity contribution is -0.137. The zero-order chi connectivity index (χ0) is 25.9. The van der Waals surface area contributed by atoms with E-state index in [1.807, 2.05) is 0 Å². The fourth-order valence-electron chi connectivity index (χ4n) is 3.35. The molecule has 36 heavy (non-hydrogen) atoms. The fraction of sp³-hybridized carbons (Fsp3) is 0.120. The van der Waals surface area contributed by atoms with Gasteiger partial charge in [-0.1, -0.05) is 18.2 Å². The second kappa shape index (κ2) is 9.90. The van der Waals surface area contributed by atoms with Crippen LogP contribution in [0.5, 0.6) is 0 Å². The van der Waals surface area contributed by atoms with E-state index in [2.05, 4.69) is 15.7 Å². The quantitative estimate of drug-likeness (QED) is 0.413. The predicted molar refractivity (Wildman–Crippen MR) is 124 cm³/mol. The number of halogens is 3. The molecule has 0 bridgehead atoms. The number of aromatic nitrogens is 2. The highest BCUT2D eigenvalue weighted by molar-refractivity contribution is 6.02. The molecule has 184 valence electrons. The van der Waals surface area contributed by atoms with Gasteiger partial charge in [-0.05, 0) is 55.0 Å². The molecule has 0 spiro atoms. The van der Waals surface area contributed by atoms with Crippen LogP contribution in [-0.4, -0.2) is 21.6 Å². The number of benzene rings is 2. The molecule has 0 aliphatic rings. The first kappa shape index (κ1) is 24.5. The Hall–Kier alpha value is -4.67. The molecule has 2 aromatic carbocycles. The third-order valence-electron chi connectivity index (χ3n) is 5.15. The van der Waals surface area contributed by atoms with E-state index >= 15 is 0 Å². The number of carbonyl (C=O) groups is 2. The third kappa shape index (κ3) is 5.52. The largest absolute Gasteiger partial charge is 0.459 e. The van der Waals surface area contributed by atoms with Gasteiger partial charge < -0.3 is 15.1 Å². The van der Waals surface area contributed by atoms with Gasteiger partial charge >= 0.3 is 6.18 Å². The molecule has 0 aliphatic heterocycles. The van der Waals surface area contributed by atoms with E-state index in [0.29, 0.717) is 11.3 Å². The number of aryl methyl sites for hydroxylation is 1. The average molecular weight is 496 g/mol. The van der Waals surface area contributed by atoms with E-state index in [4.69, 9.17) is 4.42 Å². The van der Waals surface area contributed by atoms with Gasteiger partial charge in [0.25, 0.3) is 11.8 Å². The molecule has 0 fully saturated rings. The zero-order valence-corrected chi connectivity index (χ0v) is 18.8. The number of furan rings is 1. The van der Waals surface area contributed by atoms with Crippen LogP contribution in [0.25, 0.3) is 5.69 Å². The number of nitrogens with zero attached hydrogens (tertiary/aromatic N) is 2. The Labute approximate surface area is 202 Å². The summed E-state index contributed by atoms with van der Waals surface area (Å²) in [4.78, 5) is 37.1. The van der Waals surface area contributed by atoms with Crippen molar-refractivity contribution >= 4 is 17.5 Å². The number of rotatable bonds is 6. The summed E-state index contributed by atoms with van der Waals surface area (Å²) in [5, 5.41) is 9.26. The molecule has 2 amide bonds. The van der Waals surface area contributed by atoms with E-state index in [1.54, 1.807) is 30.3 Å². The van der Waals surface area contributed by atoms with E-state index in [0.717, 1.165) is 22.9 Å². The molecule has 8 nitrogen and oxygen atoms in total. The number of anilines is 1. The summed E-state index contributed by atoms with van der Waals surface area (Å²) in [5.74, 6) is -1.04. The van der Waals surface area contributed by atoms with Gasteiger partial charge in [0.1, 0.15) is 0 Å². The van der Waals surface area contributed by atoms with Crippen molar-refractivity contribution in [3.8, 4) is 5.69 Å². The van der Waals surface area contributed by atoms with Crippen molar-refractivity contribution in [3.05, 3.63) is 111 Å². The van der Waals surface area contributed by atoms with Crippen molar-refractivity contribution < 1.29 is 27.2 Å². The minimum Gasteiger partial charge on any atom is -0.459 e. The summed E-state index contributed by atoms with van der Waals surface area (Å²) >= 11 is 0. The fourth-order valence-corrected chi connectivity index (χ4v) is 3.35. The van der Waals surface area contributed by atoms with Crippen LogP contribution < -0.4 is 16.1 Å². The van der Waals surface area contributed by atoms with Gasteiger partial charge in [0.05, 0.1) is 17.5 Å². The second-order valence-electron chi connectivity index (χ2n) is 7.77. The Morgan fingerprint density at radius 2 is 1.75 bits per heavy atom. The molecule has 0 saturated carbocycles. The topological polar surface area (TPSA) is 106 Å². The Bertz CT molecular complexity index is 1460. The molecule has 0 atom stereocenters. The van der Waals surface area contributed by atoms with Gasteiger partial charge in [-0.15, -0.1) is 0 Å². The van der Waals surface area contributed by atoms with Crippen molar-refractivity contribution in [2.75, 3.05) is 5.32 Å². The number of amides is 2. The minimum absolute atomic E-state index is 0.0454. The normalized spacial score (nSPS) is 11.2. The van der Waals surface area contributed by atoms with Crippen LogP contribution in [0.4, 0.5) is 18.9 Å². The number of hydrogen-bond donors (Lipinski definition) is 2. The highest BCUT2D eigenvalue weighted by atomic mass is 19.4. The van der Waals surface area contributed by atoms with E-state index in [-0.39, 0.29) is 23.7 Å². The average Bonchev–Trinajstić information content (AvgIpc) is 3.38. The van der Waals surface area contributed by atoms with Crippen molar-refractivity contribution in [3.63, 3.8) is 0 Å². The van der Waals surface area contributed by atoms with E-state index in [1.165, 1.54) is 31.4 Å². The number of nitrogens with one attached hydrogen (secondary N) is 2. The molecule has 0 unspecified atom stereocenters. The van der Waals surface area contributed by atoms with Crippen molar-refractivity contribution in [2.24, 2.45) is 0 Å². The maximum atomic E-state index is 13.1. The van der Waals surface area contributed by atoms with Crippen LogP contribution in [-0.2, 0) is 12.7 Å². The molecule has 0 radical (unpaired) electrons. The van der Waals surface area contributed by atoms with Gasteiger partial charge in [0.15, 0.2) is 11.5 Å². The lowest BCUT2D eigenvalue weighted by Gasteiger charge is -2.13. The number of hydrogen-bond acceptors (Lipinski definition) is 5. The molecule has 2 aromatic heterocycles. The first-order chi connectivity index (χ1) is 17.1. The SMILES string of the molecule is Cc1cc(=O)c(C(=O)NCc2ccc(NC(=O)c3ccco3)cc2)nn1-c1cccc(C(F)(F)F)c1. The molecule has 4 aromatic rings. The van der Waals surface area contributed by atoms with Gasteiger partial charge in [-0.2, -0.15) is 18.3 Å². The first-order valence-electron chi connectivity index (χ1n) is 10.6. The predicted octanol–water partition coefficient (Wildman–Crippen LogP) is 4.34. The van der Waals surface area contributed by atoms with Gasteiger partial charge in [-0.25, -0.2) is 4.68 Å². The van der Waals surface area contributed by atoms with Crippen LogP contribution in [0.1, 0.15) is 37.9 Å². The smallest absolute Gasteiger partial charge is 0.416 e. The van der Waals surface area contributed by atoms with E-state index in [9.17, 15) is 27.6 Å². The maximum absolute atomic E-state index is 13.1. The Kier molecular flexibility index (Phi) is 6.73. The molecular weight excluding hydrogens is 477 g/mol. The maximum Gasteiger partial charge on any atom is 0.416 e. The highest BCUT2D eigenvalue weighted by Gasteiger charge is 2.30. The second-order valence-corrected chi connectivity index (χ2v) is 7.77. The van der Waals surface area contributed by atoms with Gasteiger partial charge in [0, 0.05) is 24.0 Å². The number of alkyl halides is 3. The summed E-state index contributed by atoms with van der Waals surface area (Å²) in [6.07, 6.45) is -3.17. The Morgan fingerprint density at radius 3 is 2.42 bits per heavy atom. The lowest BCUT2D eigenvalue weighted by atomic mass is 10.2. The Morgan fingerprint density at radius 1 is 1.00 bits per heavy atom. The monoisotopic (exact) mass is 496 g/mol. The first-order valence-corrected chi connectivity index (χ1v) is 10.6. The summed E-state index contributed by atoms with van der Waals surface area (Å²) < 4.78 is 45.4. The van der Waals surface area contributed by atoms with Gasteiger partial charge in [-0.3, -0.25) is 14.4 Å². The van der Waals surface area contributed by atoms with Crippen molar-refractivity contribution in [2.45, 2.75) is 19.6 Å². The van der Waals surface area contributed by atoms with Crippen LogP contribution in [0, 0.1) is 6.92 Å². The third-order valence-corrected chi connectivity index (χ3v) is 5.15. The van der Waals surface area contributed by atoms with Crippen LogP contribution in [0.15, 0.2) is 82.2 Å². The highest BCUT2D eigenvalue weighted by Crippen LogP contribution is 2.30. The van der Waals surface area contributed by atoms with E-state index < -0.39 is 34.7 Å². The van der Waals surface area contributed by atoms with Crippen molar-refractivity contribution in [1.82, 2.24) is 15.1 Å². The molecule has 0 aliphatic carbocycles. The summed E-state index contributed by atoms with van der Waals surface area (Å²) in [6, 6.07) is 15.3. The minimum atomic E-state index is -4.56.